The fraction of sp³-hybridized carbons (Fsp3) is 0.0667. The predicted octanol–water partition coefficient (Wildman–Crippen LogP) is 1.68. The SMILES string of the molecule is O=C(O)C1=CC2=NC=[N+](c3ccccc3F)C(=O)C2C=C1. The minimum Gasteiger partial charge on any atom is -0.478 e. The molecule has 1 amide bonds. The number of carbonyl (C=O) groups is 2. The Morgan fingerprint density at radius 3 is 2.81 bits per heavy atom. The Morgan fingerprint density at radius 2 is 2.10 bits per heavy atom. The number of para-hydroxylation sites is 1. The molecule has 0 saturated heterocycles. The van der Waals surface area contributed by atoms with E-state index in [0.717, 1.165) is 4.58 Å². The highest BCUT2D eigenvalue weighted by molar-refractivity contribution is 6.17. The van der Waals surface area contributed by atoms with E-state index in [9.17, 15) is 14.0 Å². The second kappa shape index (κ2) is 4.90. The monoisotopic (exact) mass is 285 g/mol. The molecule has 21 heavy (non-hydrogen) atoms. The van der Waals surface area contributed by atoms with E-state index < -0.39 is 17.7 Å². The summed E-state index contributed by atoms with van der Waals surface area (Å²) in [5.74, 6) is -2.68. The number of halogens is 1. The fourth-order valence-corrected chi connectivity index (χ4v) is 2.21. The van der Waals surface area contributed by atoms with Crippen molar-refractivity contribution in [2.75, 3.05) is 0 Å². The summed E-state index contributed by atoms with van der Waals surface area (Å²) in [5, 5.41) is 8.93. The standard InChI is InChI=1S/C15H9FN2O3/c16-11-3-1-2-4-13(11)18-8-17-12-7-9(15(20)21)5-6-10(12)14(18)19/h1-8,10H/p+1. The summed E-state index contributed by atoms with van der Waals surface area (Å²) in [4.78, 5) is 27.4. The van der Waals surface area contributed by atoms with Gasteiger partial charge in [0.25, 0.3) is 6.34 Å². The molecule has 0 fully saturated rings. The molecule has 6 heteroatoms. The number of aliphatic imine (C=N–C) groups is 1. The van der Waals surface area contributed by atoms with Gasteiger partial charge in [-0.05, 0) is 12.1 Å². The maximum absolute atomic E-state index is 13.8. The smallest absolute Gasteiger partial charge is 0.335 e. The molecule has 1 aliphatic heterocycles. The minimum atomic E-state index is -1.09. The van der Waals surface area contributed by atoms with Crippen molar-refractivity contribution in [1.29, 1.82) is 0 Å². The number of benzene rings is 1. The van der Waals surface area contributed by atoms with E-state index in [1.807, 2.05) is 0 Å². The van der Waals surface area contributed by atoms with E-state index in [1.54, 1.807) is 6.07 Å². The van der Waals surface area contributed by atoms with Crippen molar-refractivity contribution in [1.82, 2.24) is 0 Å². The molecule has 2 aliphatic rings. The van der Waals surface area contributed by atoms with Gasteiger partial charge in [0.2, 0.25) is 0 Å². The third-order valence-electron chi connectivity index (χ3n) is 3.27. The maximum atomic E-state index is 13.8. The second-order valence-electron chi connectivity index (χ2n) is 4.57. The molecule has 5 nitrogen and oxygen atoms in total. The van der Waals surface area contributed by atoms with Crippen molar-refractivity contribution < 1.29 is 23.7 Å². The number of hydrogen-bond acceptors (Lipinski definition) is 3. The number of hydrogen-bond donors (Lipinski definition) is 1. The maximum Gasteiger partial charge on any atom is 0.335 e. The van der Waals surface area contributed by atoms with Crippen LogP contribution < -0.4 is 0 Å². The summed E-state index contributed by atoms with van der Waals surface area (Å²) in [7, 11) is 0. The summed E-state index contributed by atoms with van der Waals surface area (Å²) in [5.41, 5.74) is 0.518. The number of nitrogens with zero attached hydrogens (tertiary/aromatic N) is 2. The number of carboxylic acids is 1. The number of fused-ring (bicyclic) bond motifs is 1. The molecule has 1 atom stereocenters. The first-order valence-electron chi connectivity index (χ1n) is 6.20. The second-order valence-corrected chi connectivity index (χ2v) is 4.57. The third kappa shape index (κ3) is 2.20. The van der Waals surface area contributed by atoms with Crippen molar-refractivity contribution in [2.24, 2.45) is 10.9 Å². The van der Waals surface area contributed by atoms with Crippen molar-refractivity contribution in [3.8, 4) is 0 Å². The first kappa shape index (κ1) is 13.1. The topological polar surface area (TPSA) is 69.7 Å². The van der Waals surface area contributed by atoms with E-state index in [4.69, 9.17) is 5.11 Å². The van der Waals surface area contributed by atoms with Crippen LogP contribution in [0.2, 0.25) is 0 Å². The van der Waals surface area contributed by atoms with Gasteiger partial charge in [0, 0.05) is 6.08 Å². The third-order valence-corrected chi connectivity index (χ3v) is 3.27. The Kier molecular flexibility index (Phi) is 3.06. The zero-order chi connectivity index (χ0) is 15.0. The Labute approximate surface area is 119 Å². The average molecular weight is 285 g/mol. The Morgan fingerprint density at radius 1 is 1.33 bits per heavy atom. The van der Waals surface area contributed by atoms with Crippen molar-refractivity contribution >= 4 is 29.6 Å². The van der Waals surface area contributed by atoms with Crippen molar-refractivity contribution in [3.63, 3.8) is 0 Å². The number of carboxylic acid groups (broad SMARTS) is 1. The van der Waals surface area contributed by atoms with Crippen LogP contribution in [0.15, 0.2) is 53.1 Å². The van der Waals surface area contributed by atoms with Gasteiger partial charge in [-0.15, -0.1) is 0 Å². The normalized spacial score (nSPS) is 20.3. The molecule has 0 radical (unpaired) electrons. The Bertz CT molecular complexity index is 775. The lowest BCUT2D eigenvalue weighted by Crippen LogP contribution is -2.35. The lowest BCUT2D eigenvalue weighted by Gasteiger charge is -2.16. The van der Waals surface area contributed by atoms with Gasteiger partial charge in [0.15, 0.2) is 17.2 Å². The molecular formula is C15H10FN2O3+. The summed E-state index contributed by atoms with van der Waals surface area (Å²) < 4.78 is 14.9. The van der Waals surface area contributed by atoms with Gasteiger partial charge < -0.3 is 5.11 Å². The highest BCUT2D eigenvalue weighted by Gasteiger charge is 2.37. The first-order valence-corrected chi connectivity index (χ1v) is 6.20. The molecule has 0 aromatic heterocycles. The molecular weight excluding hydrogens is 275 g/mol. The van der Waals surface area contributed by atoms with Crippen LogP contribution in [0.5, 0.6) is 0 Å². The van der Waals surface area contributed by atoms with Gasteiger partial charge in [0.1, 0.15) is 5.92 Å². The number of carbonyl (C=O) groups excluding carboxylic acids is 1. The average Bonchev–Trinajstić information content (AvgIpc) is 2.48. The summed E-state index contributed by atoms with van der Waals surface area (Å²) >= 11 is 0. The number of rotatable bonds is 2. The lowest BCUT2D eigenvalue weighted by molar-refractivity contribution is -0.368. The quantitative estimate of drug-likeness (QED) is 0.840. The van der Waals surface area contributed by atoms with Crippen LogP contribution in [0.3, 0.4) is 0 Å². The zero-order valence-corrected chi connectivity index (χ0v) is 10.7. The van der Waals surface area contributed by atoms with Crippen LogP contribution in [0.4, 0.5) is 10.1 Å². The van der Waals surface area contributed by atoms with E-state index >= 15 is 0 Å². The molecule has 1 N–H and O–H groups in total. The van der Waals surface area contributed by atoms with Gasteiger partial charge in [-0.3, -0.25) is 0 Å². The molecule has 1 heterocycles. The molecule has 0 saturated carbocycles. The molecule has 1 aromatic rings. The summed E-state index contributed by atoms with van der Waals surface area (Å²) in [6.07, 6.45) is 5.38. The molecule has 3 rings (SSSR count). The van der Waals surface area contributed by atoms with Crippen molar-refractivity contribution in [2.45, 2.75) is 0 Å². The number of aliphatic carboxylic acids is 1. The van der Waals surface area contributed by atoms with Crippen LogP contribution >= 0.6 is 0 Å². The zero-order valence-electron chi connectivity index (χ0n) is 10.7. The van der Waals surface area contributed by atoms with Crippen LogP contribution in [-0.2, 0) is 9.59 Å². The Balaban J connectivity index is 2.05. The summed E-state index contributed by atoms with van der Waals surface area (Å²) in [6, 6.07) is 5.90. The molecule has 104 valence electrons. The van der Waals surface area contributed by atoms with Crippen LogP contribution in [-0.4, -0.2) is 33.6 Å². The molecule has 0 spiro atoms. The van der Waals surface area contributed by atoms with Gasteiger partial charge in [0.05, 0.1) is 5.57 Å². The van der Waals surface area contributed by atoms with E-state index in [0.29, 0.717) is 5.71 Å². The Hall–Kier alpha value is -2.89. The number of amides is 1. The van der Waals surface area contributed by atoms with E-state index in [-0.39, 0.29) is 17.2 Å². The fourth-order valence-electron chi connectivity index (χ4n) is 2.21. The first-order chi connectivity index (χ1) is 10.1. The molecule has 1 unspecified atom stereocenters. The molecule has 1 aromatic carbocycles. The van der Waals surface area contributed by atoms with Gasteiger partial charge in [-0.2, -0.15) is 4.58 Å². The van der Waals surface area contributed by atoms with E-state index in [1.165, 1.54) is 42.8 Å². The van der Waals surface area contributed by atoms with Gasteiger partial charge in [-0.25, -0.2) is 14.0 Å². The summed E-state index contributed by atoms with van der Waals surface area (Å²) in [6.45, 7) is 0. The van der Waals surface area contributed by atoms with Crippen LogP contribution in [0.25, 0.3) is 0 Å². The van der Waals surface area contributed by atoms with Crippen LogP contribution in [0.1, 0.15) is 0 Å². The largest absolute Gasteiger partial charge is 0.478 e. The van der Waals surface area contributed by atoms with Crippen molar-refractivity contribution in [3.05, 3.63) is 53.9 Å². The molecule has 0 bridgehead atoms. The molecule has 1 aliphatic carbocycles. The minimum absolute atomic E-state index is 0.0607. The number of allylic oxidation sites excluding steroid dienone is 1. The highest BCUT2D eigenvalue weighted by atomic mass is 19.1. The van der Waals surface area contributed by atoms with Crippen LogP contribution in [0, 0.1) is 11.7 Å². The highest BCUT2D eigenvalue weighted by Crippen LogP contribution is 2.24. The predicted molar refractivity (Wildman–Crippen MR) is 73.2 cm³/mol. The van der Waals surface area contributed by atoms with E-state index in [2.05, 4.69) is 4.99 Å². The van der Waals surface area contributed by atoms with Gasteiger partial charge in [-0.1, -0.05) is 29.3 Å². The van der Waals surface area contributed by atoms with Gasteiger partial charge >= 0.3 is 11.9 Å². The lowest BCUT2D eigenvalue weighted by atomic mass is 9.92.